The number of nitrogens with zero attached hydrogens (tertiary/aromatic N) is 2. The second-order valence-electron chi connectivity index (χ2n) is 7.00. The molecule has 1 aliphatic heterocycles. The number of carbonyl (C=O) groups is 1. The minimum absolute atomic E-state index is 0.00169. The van der Waals surface area contributed by atoms with Crippen LogP contribution in [0.4, 0.5) is 0 Å². The Balaban J connectivity index is 1.65. The number of aromatic amines is 1. The van der Waals surface area contributed by atoms with Gasteiger partial charge >= 0.3 is 0 Å². The molecule has 0 radical (unpaired) electrons. The molecule has 0 aliphatic carbocycles. The maximum absolute atomic E-state index is 11.7. The third-order valence-corrected chi connectivity index (χ3v) is 5.46. The van der Waals surface area contributed by atoms with Crippen molar-refractivity contribution in [1.29, 1.82) is 0 Å². The highest BCUT2D eigenvalue weighted by Crippen LogP contribution is 2.39. The Labute approximate surface area is 164 Å². The number of ether oxygens (including phenoxy) is 2. The van der Waals surface area contributed by atoms with Crippen molar-refractivity contribution < 1.29 is 14.3 Å². The van der Waals surface area contributed by atoms with Crippen molar-refractivity contribution >= 4 is 17.3 Å². The zero-order chi connectivity index (χ0) is 19.5. The molecule has 2 aromatic carbocycles. The van der Waals surface area contributed by atoms with Crippen molar-refractivity contribution in [1.82, 2.24) is 15.1 Å². The highest BCUT2D eigenvalue weighted by molar-refractivity contribution is 5.81. The number of methoxy groups -OCH3 is 1. The average Bonchev–Trinajstić information content (AvgIpc) is 3.15. The van der Waals surface area contributed by atoms with Gasteiger partial charge in [0.25, 0.3) is 0 Å². The number of benzene rings is 2. The van der Waals surface area contributed by atoms with E-state index in [0.717, 1.165) is 59.3 Å². The Hall–Kier alpha value is -3.02. The van der Waals surface area contributed by atoms with Gasteiger partial charge in [0.05, 0.1) is 31.0 Å². The number of aryl methyl sites for hydroxylation is 1. The highest BCUT2D eigenvalue weighted by Gasteiger charge is 2.28. The van der Waals surface area contributed by atoms with Crippen molar-refractivity contribution in [3.63, 3.8) is 0 Å². The lowest BCUT2D eigenvalue weighted by Crippen LogP contribution is -2.34. The van der Waals surface area contributed by atoms with Crippen LogP contribution in [0.25, 0.3) is 10.9 Å². The molecular weight excluding hydrogens is 354 g/mol. The van der Waals surface area contributed by atoms with Gasteiger partial charge in [-0.1, -0.05) is 18.2 Å². The van der Waals surface area contributed by atoms with Gasteiger partial charge in [-0.15, -0.1) is 0 Å². The molecule has 3 aromatic rings. The molecule has 1 aliphatic rings. The standard InChI is InChI=1S/C22H25N3O3/c1-3-28-22-13-17-15(12-21(22)27-2)10-11-25(14-26)20(17)9-8-19-16-6-4-5-7-18(16)23-24-19/h4-7,12-14,20H,3,8-11H2,1-2H3,(H,23,24)/t20-/m1/s1. The van der Waals surface area contributed by atoms with Crippen molar-refractivity contribution in [3.8, 4) is 11.5 Å². The van der Waals surface area contributed by atoms with Gasteiger partial charge in [-0.3, -0.25) is 9.89 Å². The first kappa shape index (κ1) is 18.3. The summed E-state index contributed by atoms with van der Waals surface area (Å²) in [5.41, 5.74) is 4.43. The van der Waals surface area contributed by atoms with Crippen molar-refractivity contribution in [2.45, 2.75) is 32.2 Å². The fourth-order valence-corrected chi connectivity index (χ4v) is 4.09. The van der Waals surface area contributed by atoms with Crippen molar-refractivity contribution in [3.05, 3.63) is 53.2 Å². The second-order valence-corrected chi connectivity index (χ2v) is 7.00. The summed E-state index contributed by atoms with van der Waals surface area (Å²) >= 11 is 0. The van der Waals surface area contributed by atoms with Gasteiger partial charge < -0.3 is 14.4 Å². The molecule has 0 unspecified atom stereocenters. The van der Waals surface area contributed by atoms with Crippen LogP contribution in [-0.2, 0) is 17.6 Å². The molecule has 4 rings (SSSR count). The van der Waals surface area contributed by atoms with E-state index in [1.54, 1.807) is 7.11 Å². The molecule has 146 valence electrons. The lowest BCUT2D eigenvalue weighted by Gasteiger charge is -2.35. The second kappa shape index (κ2) is 7.92. The molecule has 28 heavy (non-hydrogen) atoms. The van der Waals surface area contributed by atoms with Crippen LogP contribution in [0.2, 0.25) is 0 Å². The molecule has 6 heteroatoms. The van der Waals surface area contributed by atoms with Crippen LogP contribution in [0.3, 0.4) is 0 Å². The number of hydrogen-bond donors (Lipinski definition) is 1. The van der Waals surface area contributed by atoms with Crippen molar-refractivity contribution in [2.24, 2.45) is 0 Å². The topological polar surface area (TPSA) is 67.5 Å². The molecule has 1 N–H and O–H groups in total. The molecule has 2 heterocycles. The van der Waals surface area contributed by atoms with E-state index in [0.29, 0.717) is 13.2 Å². The summed E-state index contributed by atoms with van der Waals surface area (Å²) in [6.45, 7) is 3.23. The van der Waals surface area contributed by atoms with Gasteiger partial charge in [0, 0.05) is 11.9 Å². The van der Waals surface area contributed by atoms with E-state index < -0.39 is 0 Å². The molecule has 0 saturated heterocycles. The van der Waals surface area contributed by atoms with E-state index >= 15 is 0 Å². The Morgan fingerprint density at radius 1 is 1.29 bits per heavy atom. The van der Waals surface area contributed by atoms with Crippen LogP contribution >= 0.6 is 0 Å². The summed E-state index contributed by atoms with van der Waals surface area (Å²) in [7, 11) is 1.66. The predicted octanol–water partition coefficient (Wildman–Crippen LogP) is 3.66. The molecule has 6 nitrogen and oxygen atoms in total. The molecule has 0 spiro atoms. The largest absolute Gasteiger partial charge is 0.493 e. The van der Waals surface area contributed by atoms with Gasteiger partial charge in [-0.05, 0) is 55.5 Å². The summed E-state index contributed by atoms with van der Waals surface area (Å²) in [4.78, 5) is 13.6. The molecule has 0 saturated carbocycles. The molecule has 1 amide bonds. The fraction of sp³-hybridized carbons (Fsp3) is 0.364. The maximum Gasteiger partial charge on any atom is 0.210 e. The van der Waals surface area contributed by atoms with Crippen LogP contribution < -0.4 is 9.47 Å². The van der Waals surface area contributed by atoms with Gasteiger partial charge in [0.15, 0.2) is 11.5 Å². The number of rotatable bonds is 7. The number of nitrogens with one attached hydrogen (secondary N) is 1. The Morgan fingerprint density at radius 2 is 2.14 bits per heavy atom. The van der Waals surface area contributed by atoms with Crippen LogP contribution in [0, 0.1) is 0 Å². The fourth-order valence-electron chi connectivity index (χ4n) is 4.09. The summed E-state index contributed by atoms with van der Waals surface area (Å²) in [5.74, 6) is 1.48. The van der Waals surface area contributed by atoms with Crippen LogP contribution in [0.5, 0.6) is 11.5 Å². The normalized spacial score (nSPS) is 16.1. The first-order valence-electron chi connectivity index (χ1n) is 9.71. The number of amides is 1. The quantitative estimate of drug-likeness (QED) is 0.636. The molecule has 0 bridgehead atoms. The number of aromatic nitrogens is 2. The molecule has 0 fully saturated rings. The lowest BCUT2D eigenvalue weighted by molar-refractivity contribution is -0.120. The summed E-state index contributed by atoms with van der Waals surface area (Å²) < 4.78 is 11.3. The average molecular weight is 379 g/mol. The van der Waals surface area contributed by atoms with E-state index in [1.807, 2.05) is 36.1 Å². The maximum atomic E-state index is 11.7. The van der Waals surface area contributed by atoms with Gasteiger partial charge in [-0.25, -0.2) is 0 Å². The third-order valence-electron chi connectivity index (χ3n) is 5.46. The number of para-hydroxylation sites is 1. The number of hydrogen-bond acceptors (Lipinski definition) is 4. The van der Waals surface area contributed by atoms with Gasteiger partial charge in [0.1, 0.15) is 0 Å². The van der Waals surface area contributed by atoms with Gasteiger partial charge in [0.2, 0.25) is 6.41 Å². The van der Waals surface area contributed by atoms with E-state index in [2.05, 4.69) is 22.3 Å². The Kier molecular flexibility index (Phi) is 5.19. The molecule has 1 aromatic heterocycles. The SMILES string of the molecule is CCOc1cc2c(cc1OC)CCN(C=O)[C@@H]2CCc1n[nH]c2ccccc12. The Bertz CT molecular complexity index is 982. The zero-order valence-electron chi connectivity index (χ0n) is 16.3. The lowest BCUT2D eigenvalue weighted by atomic mass is 9.89. The van der Waals surface area contributed by atoms with E-state index in [-0.39, 0.29) is 6.04 Å². The van der Waals surface area contributed by atoms with Crippen LogP contribution in [0.15, 0.2) is 36.4 Å². The van der Waals surface area contributed by atoms with Crippen LogP contribution in [0.1, 0.15) is 36.2 Å². The predicted molar refractivity (Wildman–Crippen MR) is 108 cm³/mol. The first-order chi connectivity index (χ1) is 13.7. The molecular formula is C22H25N3O3. The monoisotopic (exact) mass is 379 g/mol. The third kappa shape index (κ3) is 3.30. The van der Waals surface area contributed by atoms with Crippen LogP contribution in [-0.4, -0.2) is 41.8 Å². The van der Waals surface area contributed by atoms with Crippen molar-refractivity contribution in [2.75, 3.05) is 20.3 Å². The first-order valence-corrected chi connectivity index (χ1v) is 9.71. The van der Waals surface area contributed by atoms with Gasteiger partial charge in [-0.2, -0.15) is 5.10 Å². The summed E-state index contributed by atoms with van der Waals surface area (Å²) in [6, 6.07) is 12.2. The number of fused-ring (bicyclic) bond motifs is 2. The summed E-state index contributed by atoms with van der Waals surface area (Å²) in [6.07, 6.45) is 3.37. The van der Waals surface area contributed by atoms with E-state index in [9.17, 15) is 4.79 Å². The van der Waals surface area contributed by atoms with E-state index in [1.165, 1.54) is 5.56 Å². The highest BCUT2D eigenvalue weighted by atomic mass is 16.5. The summed E-state index contributed by atoms with van der Waals surface area (Å²) in [5, 5.41) is 8.72. The van der Waals surface area contributed by atoms with E-state index in [4.69, 9.17) is 9.47 Å². The zero-order valence-corrected chi connectivity index (χ0v) is 16.3. The minimum Gasteiger partial charge on any atom is -0.493 e. The number of H-pyrrole nitrogens is 1. The Morgan fingerprint density at radius 3 is 2.93 bits per heavy atom. The minimum atomic E-state index is 0.00169. The number of carbonyl (C=O) groups excluding carboxylic acids is 1. The smallest absolute Gasteiger partial charge is 0.210 e. The molecule has 1 atom stereocenters.